The summed E-state index contributed by atoms with van der Waals surface area (Å²) < 4.78 is 0. The van der Waals surface area contributed by atoms with Crippen molar-refractivity contribution in [2.24, 2.45) is 0 Å². The maximum absolute atomic E-state index is 9.51. The number of alkyl halides is 1. The number of nitrogens with zero attached hydrogens (tertiary/aromatic N) is 1. The molecule has 0 spiro atoms. The molecule has 0 bridgehead atoms. The first kappa shape index (κ1) is 11.3. The molecule has 3 nitrogen and oxygen atoms in total. The predicted molar refractivity (Wildman–Crippen MR) is 59.3 cm³/mol. The van der Waals surface area contributed by atoms with Gasteiger partial charge in [-0.1, -0.05) is 27.5 Å². The topological polar surface area (TPSA) is 70.0 Å². The Hall–Kier alpha value is -0.760. The van der Waals surface area contributed by atoms with Gasteiger partial charge in [0, 0.05) is 5.33 Å². The van der Waals surface area contributed by atoms with Crippen molar-refractivity contribution in [3.63, 3.8) is 0 Å². The smallest absolute Gasteiger partial charge is 0.101 e. The van der Waals surface area contributed by atoms with Gasteiger partial charge in [0.15, 0.2) is 0 Å². The fourth-order valence-corrected chi connectivity index (χ4v) is 1.61. The number of benzene rings is 1. The van der Waals surface area contributed by atoms with Gasteiger partial charge in [-0.05, 0) is 17.7 Å². The van der Waals surface area contributed by atoms with Crippen molar-refractivity contribution >= 4 is 33.2 Å². The van der Waals surface area contributed by atoms with E-state index in [1.165, 1.54) is 6.07 Å². The molecule has 3 N–H and O–H groups in total. The first-order valence-electron chi connectivity index (χ1n) is 3.83. The van der Waals surface area contributed by atoms with Crippen molar-refractivity contribution in [2.75, 3.05) is 11.1 Å². The fraction of sp³-hybridized carbons (Fsp3) is 0.222. The van der Waals surface area contributed by atoms with Crippen LogP contribution in [0.3, 0.4) is 0 Å². The van der Waals surface area contributed by atoms with Gasteiger partial charge in [0.05, 0.1) is 22.4 Å². The third-order valence-corrected chi connectivity index (χ3v) is 2.73. The Morgan fingerprint density at radius 1 is 1.64 bits per heavy atom. The minimum absolute atomic E-state index is 0.250. The average Bonchev–Trinajstić information content (AvgIpc) is 2.20. The van der Waals surface area contributed by atoms with Crippen molar-refractivity contribution < 1.29 is 5.11 Å². The molecule has 5 heteroatoms. The molecule has 0 radical (unpaired) electrons. The Kier molecular flexibility index (Phi) is 3.76. The summed E-state index contributed by atoms with van der Waals surface area (Å²) in [6.07, 6.45) is -0.680. The van der Waals surface area contributed by atoms with Crippen LogP contribution in [0.2, 0.25) is 5.02 Å². The first-order chi connectivity index (χ1) is 6.60. The lowest BCUT2D eigenvalue weighted by Crippen LogP contribution is -2.01. The normalized spacial score (nSPS) is 12.1. The molecule has 1 aromatic rings. The summed E-state index contributed by atoms with van der Waals surface area (Å²) in [6, 6.07) is 5.01. The molecule has 1 rings (SSSR count). The van der Waals surface area contributed by atoms with E-state index in [-0.39, 0.29) is 11.3 Å². The minimum atomic E-state index is -0.680. The van der Waals surface area contributed by atoms with Gasteiger partial charge in [-0.2, -0.15) is 5.26 Å². The second-order valence-electron chi connectivity index (χ2n) is 2.75. The average molecular weight is 276 g/mol. The molecule has 1 aromatic carbocycles. The Bertz CT molecular complexity index is 389. The van der Waals surface area contributed by atoms with Crippen LogP contribution in [0, 0.1) is 11.3 Å². The van der Waals surface area contributed by atoms with Gasteiger partial charge in [-0.15, -0.1) is 0 Å². The highest BCUT2D eigenvalue weighted by Crippen LogP contribution is 2.27. The number of aliphatic hydroxyl groups excluding tert-OH is 1. The highest BCUT2D eigenvalue weighted by molar-refractivity contribution is 9.09. The van der Waals surface area contributed by atoms with E-state index in [1.807, 2.05) is 6.07 Å². The molecule has 0 amide bonds. The number of nitrogens with two attached hydrogens (primary N) is 1. The molecule has 14 heavy (non-hydrogen) atoms. The molecule has 0 aliphatic heterocycles. The molecule has 74 valence electrons. The van der Waals surface area contributed by atoms with E-state index >= 15 is 0 Å². The minimum Gasteiger partial charge on any atom is -0.396 e. The van der Waals surface area contributed by atoms with Gasteiger partial charge in [0.2, 0.25) is 0 Å². The quantitative estimate of drug-likeness (QED) is 0.642. The van der Waals surface area contributed by atoms with Crippen LogP contribution in [0.1, 0.15) is 17.2 Å². The maximum atomic E-state index is 9.51. The number of hydrogen-bond acceptors (Lipinski definition) is 3. The van der Waals surface area contributed by atoms with Crippen LogP contribution < -0.4 is 5.73 Å². The standard InChI is InChI=1S/C9H8BrClN2O/c10-3-8(14)5-1-6(4-12)9(13)7(11)2-5/h1-2,8,14H,3,13H2/t8-/m1/s1. The van der Waals surface area contributed by atoms with E-state index in [4.69, 9.17) is 22.6 Å². The summed E-state index contributed by atoms with van der Waals surface area (Å²) in [6.45, 7) is 0. The van der Waals surface area contributed by atoms with Gasteiger partial charge < -0.3 is 10.8 Å². The summed E-state index contributed by atoms with van der Waals surface area (Å²) in [5, 5.41) is 18.9. The second kappa shape index (κ2) is 4.65. The van der Waals surface area contributed by atoms with Crippen LogP contribution in [-0.4, -0.2) is 10.4 Å². The number of rotatable bonds is 2. The highest BCUT2D eigenvalue weighted by atomic mass is 79.9. The number of hydrogen-bond donors (Lipinski definition) is 2. The summed E-state index contributed by atoms with van der Waals surface area (Å²) in [5.41, 5.74) is 6.67. The number of halogens is 2. The van der Waals surface area contributed by atoms with Crippen LogP contribution in [0.4, 0.5) is 5.69 Å². The number of nitriles is 1. The van der Waals surface area contributed by atoms with Gasteiger partial charge in [0.1, 0.15) is 6.07 Å². The zero-order valence-corrected chi connectivity index (χ0v) is 9.51. The maximum Gasteiger partial charge on any atom is 0.101 e. The summed E-state index contributed by atoms with van der Waals surface area (Å²) in [7, 11) is 0. The van der Waals surface area contributed by atoms with E-state index in [9.17, 15) is 5.11 Å². The van der Waals surface area contributed by atoms with Crippen molar-refractivity contribution in [1.29, 1.82) is 5.26 Å². The molecule has 0 heterocycles. The number of nitrogen functional groups attached to an aromatic ring is 1. The lowest BCUT2D eigenvalue weighted by atomic mass is 10.1. The molecule has 1 atom stereocenters. The van der Waals surface area contributed by atoms with E-state index in [2.05, 4.69) is 15.9 Å². The Morgan fingerprint density at radius 2 is 2.29 bits per heavy atom. The molecule has 0 fully saturated rings. The van der Waals surface area contributed by atoms with Crippen LogP contribution >= 0.6 is 27.5 Å². The Labute approximate surface area is 95.2 Å². The summed E-state index contributed by atoms with van der Waals surface area (Å²) in [5.74, 6) is 0. The van der Waals surface area contributed by atoms with Crippen molar-refractivity contribution in [3.05, 3.63) is 28.3 Å². The van der Waals surface area contributed by atoms with Gasteiger partial charge in [-0.3, -0.25) is 0 Å². The number of anilines is 1. The van der Waals surface area contributed by atoms with E-state index in [1.54, 1.807) is 6.07 Å². The Balaban J connectivity index is 3.24. The van der Waals surface area contributed by atoms with Crippen molar-refractivity contribution in [2.45, 2.75) is 6.10 Å². The highest BCUT2D eigenvalue weighted by Gasteiger charge is 2.11. The number of aliphatic hydroxyl groups is 1. The van der Waals surface area contributed by atoms with E-state index < -0.39 is 6.10 Å². The third-order valence-electron chi connectivity index (χ3n) is 1.80. The summed E-state index contributed by atoms with van der Waals surface area (Å²) >= 11 is 8.93. The predicted octanol–water partition coefficient (Wildman–Crippen LogP) is 2.22. The monoisotopic (exact) mass is 274 g/mol. The molecular weight excluding hydrogens is 267 g/mol. The molecule has 0 saturated carbocycles. The van der Waals surface area contributed by atoms with Crippen LogP contribution in [0.5, 0.6) is 0 Å². The van der Waals surface area contributed by atoms with Crippen LogP contribution in [0.25, 0.3) is 0 Å². The SMILES string of the molecule is N#Cc1cc([C@H](O)CBr)cc(Cl)c1N. The molecular formula is C9H8BrClN2O. The molecule has 0 aliphatic rings. The van der Waals surface area contributed by atoms with Gasteiger partial charge in [-0.25, -0.2) is 0 Å². The van der Waals surface area contributed by atoms with E-state index in [0.717, 1.165) is 0 Å². The molecule has 0 aliphatic carbocycles. The Morgan fingerprint density at radius 3 is 2.79 bits per heavy atom. The van der Waals surface area contributed by atoms with Crippen molar-refractivity contribution in [1.82, 2.24) is 0 Å². The largest absolute Gasteiger partial charge is 0.396 e. The second-order valence-corrected chi connectivity index (χ2v) is 3.80. The van der Waals surface area contributed by atoms with E-state index in [0.29, 0.717) is 15.9 Å². The zero-order chi connectivity index (χ0) is 10.7. The van der Waals surface area contributed by atoms with Crippen LogP contribution in [0.15, 0.2) is 12.1 Å². The van der Waals surface area contributed by atoms with Crippen molar-refractivity contribution in [3.8, 4) is 6.07 Å². The van der Waals surface area contributed by atoms with Gasteiger partial charge in [0.25, 0.3) is 0 Å². The fourth-order valence-electron chi connectivity index (χ4n) is 1.01. The summed E-state index contributed by atoms with van der Waals surface area (Å²) in [4.78, 5) is 0. The zero-order valence-electron chi connectivity index (χ0n) is 7.17. The molecule has 0 unspecified atom stereocenters. The van der Waals surface area contributed by atoms with Crippen LogP contribution in [-0.2, 0) is 0 Å². The lowest BCUT2D eigenvalue weighted by molar-refractivity contribution is 0.205. The first-order valence-corrected chi connectivity index (χ1v) is 5.33. The molecule has 0 saturated heterocycles. The lowest BCUT2D eigenvalue weighted by Gasteiger charge is -2.09. The molecule has 0 aromatic heterocycles. The third kappa shape index (κ3) is 2.18. The van der Waals surface area contributed by atoms with Gasteiger partial charge >= 0.3 is 0 Å².